The number of carbonyl (C=O) groups is 2. The van der Waals surface area contributed by atoms with E-state index >= 15 is 0 Å². The maximum absolute atomic E-state index is 12.8. The Bertz CT molecular complexity index is 522. The fraction of sp³-hybridized carbons (Fsp3) is 0.625. The molecule has 4 nitrogen and oxygen atoms in total. The molecule has 5 heteroatoms. The molecule has 0 aromatic carbocycles. The minimum atomic E-state index is -0.920. The van der Waals surface area contributed by atoms with Crippen molar-refractivity contribution >= 4 is 23.2 Å². The van der Waals surface area contributed by atoms with Gasteiger partial charge < -0.3 is 10.0 Å². The van der Waals surface area contributed by atoms with Gasteiger partial charge in [-0.2, -0.15) is 0 Å². The summed E-state index contributed by atoms with van der Waals surface area (Å²) in [6.45, 7) is -0.175. The number of carboxylic acids is 1. The van der Waals surface area contributed by atoms with E-state index in [1.807, 2.05) is 6.07 Å². The van der Waals surface area contributed by atoms with Crippen LogP contribution in [-0.2, 0) is 17.6 Å². The van der Waals surface area contributed by atoms with Crippen LogP contribution in [0.3, 0.4) is 0 Å². The van der Waals surface area contributed by atoms with Crippen LogP contribution in [0.1, 0.15) is 58.6 Å². The first-order chi connectivity index (χ1) is 10.1. The van der Waals surface area contributed by atoms with Crippen LogP contribution in [0.4, 0.5) is 0 Å². The number of carboxylic acid groups (broad SMARTS) is 1. The normalized spacial score (nSPS) is 18.5. The summed E-state index contributed by atoms with van der Waals surface area (Å²) in [6.07, 6.45) is 8.57. The Hall–Kier alpha value is -1.36. The van der Waals surface area contributed by atoms with Gasteiger partial charge in [-0.05, 0) is 50.2 Å². The molecule has 1 aromatic heterocycles. The smallest absolute Gasteiger partial charge is 0.323 e. The molecule has 0 unspecified atom stereocenters. The summed E-state index contributed by atoms with van der Waals surface area (Å²) >= 11 is 1.57. The molecule has 0 atom stereocenters. The minimum absolute atomic E-state index is 0.0799. The van der Waals surface area contributed by atoms with Gasteiger partial charge in [0.1, 0.15) is 6.54 Å². The van der Waals surface area contributed by atoms with E-state index in [9.17, 15) is 9.59 Å². The van der Waals surface area contributed by atoms with Crippen LogP contribution in [0.15, 0.2) is 6.07 Å². The second kappa shape index (κ2) is 6.18. The van der Waals surface area contributed by atoms with Gasteiger partial charge in [-0.3, -0.25) is 9.59 Å². The first-order valence-corrected chi connectivity index (χ1v) is 8.61. The monoisotopic (exact) mass is 307 g/mol. The quantitative estimate of drug-likeness (QED) is 0.930. The lowest BCUT2D eigenvalue weighted by molar-refractivity contribution is -0.138. The SMILES string of the molecule is O=C(O)CN(C(=O)c1cc2c(s1)CCCC2)C1CCCC1. The summed E-state index contributed by atoms with van der Waals surface area (Å²) in [5.74, 6) is -1.000. The number of thiophene rings is 1. The maximum atomic E-state index is 12.8. The van der Waals surface area contributed by atoms with Crippen LogP contribution >= 0.6 is 11.3 Å². The molecule has 0 spiro atoms. The number of aryl methyl sites for hydroxylation is 2. The Labute approximate surface area is 128 Å². The highest BCUT2D eigenvalue weighted by Gasteiger charge is 2.30. The minimum Gasteiger partial charge on any atom is -0.480 e. The summed E-state index contributed by atoms with van der Waals surface area (Å²) in [4.78, 5) is 27.5. The number of aliphatic carboxylic acids is 1. The zero-order valence-corrected chi connectivity index (χ0v) is 13.0. The highest BCUT2D eigenvalue weighted by Crippen LogP contribution is 2.32. The molecule has 1 N–H and O–H groups in total. The zero-order chi connectivity index (χ0) is 14.8. The zero-order valence-electron chi connectivity index (χ0n) is 12.1. The second-order valence-electron chi connectivity index (χ2n) is 6.03. The highest BCUT2D eigenvalue weighted by atomic mass is 32.1. The first kappa shape index (κ1) is 14.6. The van der Waals surface area contributed by atoms with Crippen molar-refractivity contribution in [2.75, 3.05) is 6.54 Å². The molecule has 1 fully saturated rings. The van der Waals surface area contributed by atoms with E-state index in [1.54, 1.807) is 16.2 Å². The van der Waals surface area contributed by atoms with Crippen molar-refractivity contribution in [2.45, 2.75) is 57.4 Å². The molecular weight excluding hydrogens is 286 g/mol. The number of fused-ring (bicyclic) bond motifs is 1. The summed E-state index contributed by atoms with van der Waals surface area (Å²) in [5, 5.41) is 9.11. The van der Waals surface area contributed by atoms with Crippen molar-refractivity contribution in [3.8, 4) is 0 Å². The summed E-state index contributed by atoms with van der Waals surface area (Å²) < 4.78 is 0. The van der Waals surface area contributed by atoms with Crippen LogP contribution in [0.25, 0.3) is 0 Å². The number of hydrogen-bond donors (Lipinski definition) is 1. The molecule has 0 aliphatic heterocycles. The van der Waals surface area contributed by atoms with Gasteiger partial charge in [0, 0.05) is 10.9 Å². The van der Waals surface area contributed by atoms with Crippen LogP contribution in [-0.4, -0.2) is 34.5 Å². The lowest BCUT2D eigenvalue weighted by Gasteiger charge is -2.26. The molecule has 1 amide bonds. The lowest BCUT2D eigenvalue weighted by atomic mass is 9.99. The van der Waals surface area contributed by atoms with Gasteiger partial charge in [-0.15, -0.1) is 11.3 Å². The van der Waals surface area contributed by atoms with Crippen molar-refractivity contribution < 1.29 is 14.7 Å². The summed E-state index contributed by atoms with van der Waals surface area (Å²) in [7, 11) is 0. The predicted molar refractivity (Wildman–Crippen MR) is 81.9 cm³/mol. The third kappa shape index (κ3) is 3.12. The molecule has 1 aromatic rings. The van der Waals surface area contributed by atoms with E-state index in [0.717, 1.165) is 43.4 Å². The van der Waals surface area contributed by atoms with Gasteiger partial charge in [-0.25, -0.2) is 0 Å². The summed E-state index contributed by atoms with van der Waals surface area (Å²) in [6, 6.07) is 2.11. The Kier molecular flexibility index (Phi) is 4.29. The van der Waals surface area contributed by atoms with Crippen molar-refractivity contribution in [1.29, 1.82) is 0 Å². The van der Waals surface area contributed by atoms with Gasteiger partial charge in [0.25, 0.3) is 5.91 Å². The van der Waals surface area contributed by atoms with Crippen molar-refractivity contribution in [2.24, 2.45) is 0 Å². The van der Waals surface area contributed by atoms with E-state index in [0.29, 0.717) is 0 Å². The Morgan fingerprint density at radius 2 is 1.90 bits per heavy atom. The third-order valence-corrected chi connectivity index (χ3v) is 5.76. The van der Waals surface area contributed by atoms with Crippen LogP contribution in [0.2, 0.25) is 0 Å². The van der Waals surface area contributed by atoms with Gasteiger partial charge in [0.05, 0.1) is 4.88 Å². The molecule has 0 saturated heterocycles. The number of rotatable bonds is 4. The van der Waals surface area contributed by atoms with Crippen LogP contribution < -0.4 is 0 Å². The second-order valence-corrected chi connectivity index (χ2v) is 7.17. The largest absolute Gasteiger partial charge is 0.480 e. The van der Waals surface area contributed by atoms with Gasteiger partial charge >= 0.3 is 5.97 Å². The predicted octanol–water partition coefficient (Wildman–Crippen LogP) is 3.10. The van der Waals surface area contributed by atoms with E-state index in [4.69, 9.17) is 5.11 Å². The average molecular weight is 307 g/mol. The lowest BCUT2D eigenvalue weighted by Crippen LogP contribution is -2.42. The number of hydrogen-bond acceptors (Lipinski definition) is 3. The standard InChI is InChI=1S/C16H21NO3S/c18-15(19)10-17(12-6-2-3-7-12)16(20)14-9-11-5-1-4-8-13(11)21-14/h9,12H,1-8,10H2,(H,18,19). The average Bonchev–Trinajstić information content (AvgIpc) is 3.12. The third-order valence-electron chi connectivity index (χ3n) is 4.54. The van der Waals surface area contributed by atoms with Crippen molar-refractivity contribution in [3.63, 3.8) is 0 Å². The molecule has 114 valence electrons. The van der Waals surface area contributed by atoms with Crippen LogP contribution in [0, 0.1) is 0 Å². The summed E-state index contributed by atoms with van der Waals surface area (Å²) in [5.41, 5.74) is 1.30. The molecule has 2 aliphatic carbocycles. The Morgan fingerprint density at radius 1 is 1.19 bits per heavy atom. The fourth-order valence-electron chi connectivity index (χ4n) is 3.47. The van der Waals surface area contributed by atoms with Crippen LogP contribution in [0.5, 0.6) is 0 Å². The highest BCUT2D eigenvalue weighted by molar-refractivity contribution is 7.14. The molecule has 3 rings (SSSR count). The van der Waals surface area contributed by atoms with E-state index in [2.05, 4.69) is 0 Å². The maximum Gasteiger partial charge on any atom is 0.323 e. The molecule has 1 heterocycles. The van der Waals surface area contributed by atoms with Gasteiger partial charge in [-0.1, -0.05) is 12.8 Å². The van der Waals surface area contributed by atoms with Gasteiger partial charge in [0.15, 0.2) is 0 Å². The fourth-order valence-corrected chi connectivity index (χ4v) is 4.68. The first-order valence-electron chi connectivity index (χ1n) is 7.79. The molecular formula is C16H21NO3S. The van der Waals surface area contributed by atoms with E-state index in [1.165, 1.54) is 23.3 Å². The van der Waals surface area contributed by atoms with Gasteiger partial charge in [0.2, 0.25) is 0 Å². The Morgan fingerprint density at radius 3 is 2.57 bits per heavy atom. The Balaban J connectivity index is 1.82. The van der Waals surface area contributed by atoms with Crippen molar-refractivity contribution in [1.82, 2.24) is 4.90 Å². The molecule has 2 aliphatic rings. The topological polar surface area (TPSA) is 57.6 Å². The molecule has 21 heavy (non-hydrogen) atoms. The molecule has 1 saturated carbocycles. The van der Waals surface area contributed by atoms with E-state index in [-0.39, 0.29) is 18.5 Å². The number of carbonyl (C=O) groups excluding carboxylic acids is 1. The van der Waals surface area contributed by atoms with E-state index < -0.39 is 5.97 Å². The van der Waals surface area contributed by atoms with Crippen molar-refractivity contribution in [3.05, 3.63) is 21.4 Å². The molecule has 0 bridgehead atoms. The number of nitrogens with zero attached hydrogens (tertiary/aromatic N) is 1. The molecule has 0 radical (unpaired) electrons. The number of amides is 1.